The maximum absolute atomic E-state index is 11.6. The fraction of sp³-hybridized carbons (Fsp3) is 0.286. The normalized spacial score (nSPS) is 11.6. The van der Waals surface area contributed by atoms with Crippen molar-refractivity contribution >= 4 is 11.8 Å². The first kappa shape index (κ1) is 13.2. The zero-order valence-corrected chi connectivity index (χ0v) is 9.89. The second kappa shape index (κ2) is 6.63. The minimum absolute atomic E-state index is 0.142. The van der Waals surface area contributed by atoms with E-state index in [4.69, 9.17) is 4.74 Å². The van der Waals surface area contributed by atoms with E-state index in [1.165, 1.54) is 13.2 Å². The second-order valence-electron chi connectivity index (χ2n) is 3.78. The number of allylic oxidation sites excluding steroid dienone is 1. The molecule has 0 aliphatic heterocycles. The van der Waals surface area contributed by atoms with Crippen molar-refractivity contribution in [2.45, 2.75) is 12.8 Å². The van der Waals surface area contributed by atoms with Crippen LogP contribution in [0, 0.1) is 5.92 Å². The minimum Gasteiger partial charge on any atom is -0.469 e. The molecule has 3 heteroatoms. The molecule has 0 saturated carbocycles. The van der Waals surface area contributed by atoms with Crippen LogP contribution in [-0.4, -0.2) is 18.9 Å². The van der Waals surface area contributed by atoms with E-state index >= 15 is 0 Å². The maximum Gasteiger partial charge on any atom is 0.309 e. The van der Waals surface area contributed by atoms with Crippen LogP contribution in [-0.2, 0) is 20.7 Å². The average molecular weight is 232 g/mol. The zero-order valence-electron chi connectivity index (χ0n) is 9.89. The molecule has 0 amide bonds. The predicted octanol–water partition coefficient (Wildman–Crippen LogP) is 2.16. The Morgan fingerprint density at radius 2 is 2.00 bits per heavy atom. The van der Waals surface area contributed by atoms with Crippen molar-refractivity contribution in [1.29, 1.82) is 0 Å². The van der Waals surface area contributed by atoms with Gasteiger partial charge in [0.2, 0.25) is 0 Å². The summed E-state index contributed by atoms with van der Waals surface area (Å²) in [6.45, 7) is 3.40. The smallest absolute Gasteiger partial charge is 0.309 e. The van der Waals surface area contributed by atoms with Crippen molar-refractivity contribution in [2.75, 3.05) is 7.11 Å². The molecule has 0 bridgehead atoms. The number of hydrogen-bond acceptors (Lipinski definition) is 3. The SMILES string of the molecule is C=CC(=O)CC(Cc1ccccc1)C(=O)OC. The molecule has 1 aromatic rings. The van der Waals surface area contributed by atoms with Crippen LogP contribution in [0.4, 0.5) is 0 Å². The van der Waals surface area contributed by atoms with E-state index in [-0.39, 0.29) is 18.2 Å². The lowest BCUT2D eigenvalue weighted by atomic mass is 9.94. The fourth-order valence-electron chi connectivity index (χ4n) is 1.63. The van der Waals surface area contributed by atoms with Gasteiger partial charge in [-0.25, -0.2) is 0 Å². The molecule has 1 aromatic carbocycles. The molecule has 0 heterocycles. The fourth-order valence-corrected chi connectivity index (χ4v) is 1.63. The van der Waals surface area contributed by atoms with E-state index in [0.717, 1.165) is 5.56 Å². The van der Waals surface area contributed by atoms with Crippen LogP contribution in [0.2, 0.25) is 0 Å². The summed E-state index contributed by atoms with van der Waals surface area (Å²) in [5.74, 6) is -0.937. The lowest BCUT2D eigenvalue weighted by Gasteiger charge is -2.12. The van der Waals surface area contributed by atoms with Crippen molar-refractivity contribution in [3.05, 3.63) is 48.6 Å². The third-order valence-electron chi connectivity index (χ3n) is 2.53. The predicted molar refractivity (Wildman–Crippen MR) is 65.5 cm³/mol. The van der Waals surface area contributed by atoms with Crippen molar-refractivity contribution in [2.24, 2.45) is 5.92 Å². The van der Waals surface area contributed by atoms with Gasteiger partial charge in [-0.3, -0.25) is 9.59 Å². The summed E-state index contributed by atoms with van der Waals surface area (Å²) in [6, 6.07) is 9.56. The summed E-state index contributed by atoms with van der Waals surface area (Å²) in [4.78, 5) is 22.9. The Bertz CT molecular complexity index is 395. The highest BCUT2D eigenvalue weighted by Gasteiger charge is 2.21. The minimum atomic E-state index is -0.437. The number of hydrogen-bond donors (Lipinski definition) is 0. The van der Waals surface area contributed by atoms with Crippen molar-refractivity contribution in [1.82, 2.24) is 0 Å². The number of rotatable bonds is 6. The van der Waals surface area contributed by atoms with E-state index in [1.807, 2.05) is 30.3 Å². The Labute approximate surface area is 101 Å². The molecule has 3 nitrogen and oxygen atoms in total. The molecule has 0 N–H and O–H groups in total. The van der Waals surface area contributed by atoms with Crippen LogP contribution in [0.1, 0.15) is 12.0 Å². The molecule has 1 atom stereocenters. The number of carbonyl (C=O) groups excluding carboxylic acids is 2. The number of methoxy groups -OCH3 is 1. The quantitative estimate of drug-likeness (QED) is 0.557. The van der Waals surface area contributed by atoms with Crippen LogP contribution in [0.25, 0.3) is 0 Å². The van der Waals surface area contributed by atoms with Crippen molar-refractivity contribution in [3.63, 3.8) is 0 Å². The molecule has 17 heavy (non-hydrogen) atoms. The molecule has 0 fully saturated rings. The molecule has 0 radical (unpaired) electrons. The van der Waals surface area contributed by atoms with Gasteiger partial charge >= 0.3 is 5.97 Å². The van der Waals surface area contributed by atoms with Crippen LogP contribution >= 0.6 is 0 Å². The molecule has 1 rings (SSSR count). The topological polar surface area (TPSA) is 43.4 Å². The lowest BCUT2D eigenvalue weighted by molar-refractivity contribution is -0.146. The molecule has 0 saturated heterocycles. The largest absolute Gasteiger partial charge is 0.469 e. The van der Waals surface area contributed by atoms with Crippen LogP contribution in [0.3, 0.4) is 0 Å². The van der Waals surface area contributed by atoms with E-state index in [2.05, 4.69) is 6.58 Å². The standard InChI is InChI=1S/C14H16O3/c1-3-13(15)10-12(14(16)17-2)9-11-7-5-4-6-8-11/h3-8,12H,1,9-10H2,2H3. The highest BCUT2D eigenvalue weighted by molar-refractivity contribution is 5.92. The number of esters is 1. The van der Waals surface area contributed by atoms with Crippen molar-refractivity contribution in [3.8, 4) is 0 Å². The van der Waals surface area contributed by atoms with Gasteiger partial charge in [0.25, 0.3) is 0 Å². The van der Waals surface area contributed by atoms with Gasteiger partial charge in [-0.1, -0.05) is 36.9 Å². The van der Waals surface area contributed by atoms with Gasteiger partial charge in [-0.05, 0) is 18.1 Å². The monoisotopic (exact) mass is 232 g/mol. The molecule has 0 aliphatic carbocycles. The number of carbonyl (C=O) groups is 2. The van der Waals surface area contributed by atoms with Crippen LogP contribution in [0.5, 0.6) is 0 Å². The summed E-state index contributed by atoms with van der Waals surface area (Å²) in [5.41, 5.74) is 1.01. The van der Waals surface area contributed by atoms with Crippen LogP contribution in [0.15, 0.2) is 43.0 Å². The summed E-state index contributed by atoms with van der Waals surface area (Å²) in [6.07, 6.45) is 1.89. The number of ether oxygens (including phenoxy) is 1. The van der Waals surface area contributed by atoms with Gasteiger partial charge in [0.1, 0.15) is 0 Å². The first-order valence-electron chi connectivity index (χ1n) is 5.44. The first-order valence-corrected chi connectivity index (χ1v) is 5.44. The van der Waals surface area contributed by atoms with E-state index < -0.39 is 5.92 Å². The number of ketones is 1. The molecule has 0 aliphatic rings. The zero-order chi connectivity index (χ0) is 12.7. The Hall–Kier alpha value is -1.90. The molecule has 0 aromatic heterocycles. The van der Waals surface area contributed by atoms with Gasteiger partial charge in [0.15, 0.2) is 5.78 Å². The van der Waals surface area contributed by atoms with Gasteiger partial charge < -0.3 is 4.74 Å². The third kappa shape index (κ3) is 4.23. The third-order valence-corrected chi connectivity index (χ3v) is 2.53. The van der Waals surface area contributed by atoms with Crippen LogP contribution < -0.4 is 0 Å². The van der Waals surface area contributed by atoms with Gasteiger partial charge in [-0.15, -0.1) is 0 Å². The molecular formula is C14H16O3. The molecule has 1 unspecified atom stereocenters. The summed E-state index contributed by atoms with van der Waals surface area (Å²) >= 11 is 0. The van der Waals surface area contributed by atoms with E-state index in [0.29, 0.717) is 6.42 Å². The van der Waals surface area contributed by atoms with Crippen molar-refractivity contribution < 1.29 is 14.3 Å². The Morgan fingerprint density at radius 1 is 1.35 bits per heavy atom. The lowest BCUT2D eigenvalue weighted by Crippen LogP contribution is -2.21. The van der Waals surface area contributed by atoms with Gasteiger partial charge in [-0.2, -0.15) is 0 Å². The summed E-state index contributed by atoms with van der Waals surface area (Å²) in [7, 11) is 1.33. The summed E-state index contributed by atoms with van der Waals surface area (Å²) in [5, 5.41) is 0. The number of benzene rings is 1. The summed E-state index contributed by atoms with van der Waals surface area (Å²) < 4.78 is 4.70. The molecule has 0 spiro atoms. The Balaban J connectivity index is 2.73. The van der Waals surface area contributed by atoms with E-state index in [9.17, 15) is 9.59 Å². The maximum atomic E-state index is 11.6. The molecule has 90 valence electrons. The highest BCUT2D eigenvalue weighted by atomic mass is 16.5. The second-order valence-corrected chi connectivity index (χ2v) is 3.78. The first-order chi connectivity index (χ1) is 8.17. The van der Waals surface area contributed by atoms with E-state index in [1.54, 1.807) is 0 Å². The van der Waals surface area contributed by atoms with Gasteiger partial charge in [0.05, 0.1) is 13.0 Å². The highest BCUT2D eigenvalue weighted by Crippen LogP contribution is 2.14. The molecular weight excluding hydrogens is 216 g/mol. The average Bonchev–Trinajstić information content (AvgIpc) is 2.38. The van der Waals surface area contributed by atoms with Gasteiger partial charge in [0, 0.05) is 6.42 Å². The Kier molecular flexibility index (Phi) is 5.14. The Morgan fingerprint density at radius 3 is 2.53 bits per heavy atom.